The Bertz CT molecular complexity index is 342. The van der Waals surface area contributed by atoms with Crippen LogP contribution in [0.4, 0.5) is 8.78 Å². The maximum Gasteiger partial charge on any atom is 0.282 e. The summed E-state index contributed by atoms with van der Waals surface area (Å²) >= 11 is 0. The van der Waals surface area contributed by atoms with Gasteiger partial charge in [0.2, 0.25) is 0 Å². The van der Waals surface area contributed by atoms with E-state index in [0.29, 0.717) is 11.6 Å². The van der Waals surface area contributed by atoms with Gasteiger partial charge in [0.05, 0.1) is 5.69 Å². The Hall–Kier alpha value is -0.970. The molecule has 0 radical (unpaired) electrons. The van der Waals surface area contributed by atoms with Crippen molar-refractivity contribution in [3.05, 3.63) is 17.5 Å². The van der Waals surface area contributed by atoms with E-state index in [1.54, 1.807) is 11.6 Å². The standard InChI is InChI=1S/C10H15F2N3/c1-6(13)9-4-8(10(11)12)14-15(9)5-7-2-3-7/h4,6-7,10H,2-3,5,13H2,1H3/t6-/m0/s1. The van der Waals surface area contributed by atoms with Crippen LogP contribution in [0.5, 0.6) is 0 Å². The molecule has 1 saturated carbocycles. The third-order valence-electron chi connectivity index (χ3n) is 2.65. The number of nitrogens with zero attached hydrogens (tertiary/aromatic N) is 2. The molecule has 1 aliphatic rings. The van der Waals surface area contributed by atoms with Gasteiger partial charge in [0.15, 0.2) is 0 Å². The van der Waals surface area contributed by atoms with Crippen molar-refractivity contribution in [3.63, 3.8) is 0 Å². The molecule has 0 unspecified atom stereocenters. The van der Waals surface area contributed by atoms with Crippen molar-refractivity contribution >= 4 is 0 Å². The third-order valence-corrected chi connectivity index (χ3v) is 2.65. The number of rotatable bonds is 4. The van der Waals surface area contributed by atoms with Gasteiger partial charge >= 0.3 is 0 Å². The van der Waals surface area contributed by atoms with E-state index in [0.717, 1.165) is 6.54 Å². The summed E-state index contributed by atoms with van der Waals surface area (Å²) in [6.45, 7) is 2.51. The van der Waals surface area contributed by atoms with Crippen molar-refractivity contribution in [1.82, 2.24) is 9.78 Å². The number of aromatic nitrogens is 2. The molecule has 0 bridgehead atoms. The Kier molecular flexibility index (Phi) is 2.73. The quantitative estimate of drug-likeness (QED) is 0.837. The lowest BCUT2D eigenvalue weighted by atomic mass is 10.2. The van der Waals surface area contributed by atoms with Gasteiger partial charge < -0.3 is 5.73 Å². The van der Waals surface area contributed by atoms with Crippen LogP contribution in [-0.4, -0.2) is 9.78 Å². The van der Waals surface area contributed by atoms with Gasteiger partial charge in [-0.3, -0.25) is 4.68 Å². The zero-order valence-electron chi connectivity index (χ0n) is 8.66. The van der Waals surface area contributed by atoms with Gasteiger partial charge in [-0.2, -0.15) is 5.10 Å². The highest BCUT2D eigenvalue weighted by Gasteiger charge is 2.25. The topological polar surface area (TPSA) is 43.8 Å². The van der Waals surface area contributed by atoms with E-state index in [1.807, 2.05) is 0 Å². The minimum absolute atomic E-state index is 0.164. The van der Waals surface area contributed by atoms with Crippen LogP contribution in [-0.2, 0) is 6.54 Å². The summed E-state index contributed by atoms with van der Waals surface area (Å²) in [5.74, 6) is 0.605. The van der Waals surface area contributed by atoms with Gasteiger partial charge in [-0.05, 0) is 31.7 Å². The minimum atomic E-state index is -2.51. The zero-order chi connectivity index (χ0) is 11.0. The number of hydrogen-bond donors (Lipinski definition) is 1. The van der Waals surface area contributed by atoms with Crippen LogP contribution >= 0.6 is 0 Å². The van der Waals surface area contributed by atoms with Gasteiger partial charge in [-0.15, -0.1) is 0 Å². The van der Waals surface area contributed by atoms with Gasteiger partial charge in [-0.25, -0.2) is 8.78 Å². The Morgan fingerprint density at radius 2 is 2.27 bits per heavy atom. The molecular formula is C10H15F2N3. The monoisotopic (exact) mass is 215 g/mol. The number of alkyl halides is 2. The van der Waals surface area contributed by atoms with Crippen molar-refractivity contribution in [2.75, 3.05) is 0 Å². The summed E-state index contributed by atoms with van der Waals surface area (Å²) in [6.07, 6.45) is -0.173. The summed E-state index contributed by atoms with van der Waals surface area (Å²) < 4.78 is 26.6. The number of hydrogen-bond acceptors (Lipinski definition) is 2. The highest BCUT2D eigenvalue weighted by molar-refractivity contribution is 5.14. The molecule has 15 heavy (non-hydrogen) atoms. The second-order valence-electron chi connectivity index (χ2n) is 4.21. The average molecular weight is 215 g/mol. The summed E-state index contributed by atoms with van der Waals surface area (Å²) in [7, 11) is 0. The lowest BCUT2D eigenvalue weighted by molar-refractivity contribution is 0.145. The third kappa shape index (κ3) is 2.34. The molecule has 5 heteroatoms. The van der Waals surface area contributed by atoms with E-state index in [2.05, 4.69) is 5.10 Å². The molecule has 0 amide bonds. The first-order chi connectivity index (χ1) is 7.08. The molecule has 3 nitrogen and oxygen atoms in total. The predicted molar refractivity (Wildman–Crippen MR) is 52.5 cm³/mol. The molecule has 1 atom stereocenters. The Balaban J connectivity index is 2.23. The van der Waals surface area contributed by atoms with E-state index in [9.17, 15) is 8.78 Å². The van der Waals surface area contributed by atoms with Crippen molar-refractivity contribution in [2.45, 2.75) is 38.8 Å². The second-order valence-corrected chi connectivity index (χ2v) is 4.21. The van der Waals surface area contributed by atoms with Crippen LogP contribution in [0.3, 0.4) is 0 Å². The Morgan fingerprint density at radius 1 is 1.60 bits per heavy atom. The fourth-order valence-electron chi connectivity index (χ4n) is 1.62. The van der Waals surface area contributed by atoms with Gasteiger partial charge in [0.1, 0.15) is 5.69 Å². The summed E-state index contributed by atoms with van der Waals surface area (Å²) in [5.41, 5.74) is 6.26. The van der Waals surface area contributed by atoms with Crippen LogP contribution in [0.2, 0.25) is 0 Å². The first-order valence-electron chi connectivity index (χ1n) is 5.19. The highest BCUT2D eigenvalue weighted by atomic mass is 19.3. The molecule has 0 saturated heterocycles. The summed E-state index contributed by atoms with van der Waals surface area (Å²) in [5, 5.41) is 3.90. The molecule has 1 aromatic heterocycles. The average Bonchev–Trinajstić information content (AvgIpc) is 2.82. The van der Waals surface area contributed by atoms with E-state index in [-0.39, 0.29) is 11.7 Å². The van der Waals surface area contributed by atoms with Gasteiger partial charge in [0, 0.05) is 12.6 Å². The van der Waals surface area contributed by atoms with Crippen molar-refractivity contribution in [2.24, 2.45) is 11.7 Å². The van der Waals surface area contributed by atoms with Crippen LogP contribution in [0.15, 0.2) is 6.07 Å². The normalized spacial score (nSPS) is 18.5. The Labute approximate surface area is 87.3 Å². The zero-order valence-corrected chi connectivity index (χ0v) is 8.66. The molecular weight excluding hydrogens is 200 g/mol. The van der Waals surface area contributed by atoms with Crippen molar-refractivity contribution in [3.8, 4) is 0 Å². The van der Waals surface area contributed by atoms with Crippen LogP contribution in [0, 0.1) is 5.92 Å². The lowest BCUT2D eigenvalue weighted by Crippen LogP contribution is -2.14. The molecule has 1 fully saturated rings. The van der Waals surface area contributed by atoms with E-state index in [4.69, 9.17) is 5.73 Å². The fourth-order valence-corrected chi connectivity index (χ4v) is 1.62. The number of nitrogens with two attached hydrogens (primary N) is 1. The smallest absolute Gasteiger partial charge is 0.282 e. The van der Waals surface area contributed by atoms with Crippen LogP contribution < -0.4 is 5.73 Å². The molecule has 1 aliphatic carbocycles. The summed E-state index contributed by atoms with van der Waals surface area (Å²) in [4.78, 5) is 0. The lowest BCUT2D eigenvalue weighted by Gasteiger charge is -2.08. The van der Waals surface area contributed by atoms with Crippen LogP contribution in [0.1, 0.15) is 43.6 Å². The molecule has 0 aliphatic heterocycles. The molecule has 1 aromatic rings. The summed E-state index contributed by atoms with van der Waals surface area (Å²) in [6, 6.07) is 1.17. The van der Waals surface area contributed by atoms with E-state index < -0.39 is 6.43 Å². The molecule has 2 N–H and O–H groups in total. The first kappa shape index (κ1) is 10.5. The first-order valence-corrected chi connectivity index (χ1v) is 5.19. The second kappa shape index (κ2) is 3.89. The maximum atomic E-state index is 12.5. The molecule has 1 heterocycles. The SMILES string of the molecule is C[C@H](N)c1cc(C(F)F)nn1CC1CC1. The fraction of sp³-hybridized carbons (Fsp3) is 0.700. The molecule has 84 valence electrons. The number of halogens is 2. The largest absolute Gasteiger partial charge is 0.323 e. The Morgan fingerprint density at radius 3 is 2.73 bits per heavy atom. The van der Waals surface area contributed by atoms with Crippen LogP contribution in [0.25, 0.3) is 0 Å². The molecule has 0 aromatic carbocycles. The molecule has 2 rings (SSSR count). The predicted octanol–water partition coefficient (Wildman–Crippen LogP) is 2.25. The highest BCUT2D eigenvalue weighted by Crippen LogP contribution is 2.32. The van der Waals surface area contributed by atoms with Gasteiger partial charge in [0.25, 0.3) is 6.43 Å². The van der Waals surface area contributed by atoms with Crippen molar-refractivity contribution in [1.29, 1.82) is 0 Å². The van der Waals surface area contributed by atoms with Crippen molar-refractivity contribution < 1.29 is 8.78 Å². The van der Waals surface area contributed by atoms with E-state index >= 15 is 0 Å². The minimum Gasteiger partial charge on any atom is -0.323 e. The molecule has 0 spiro atoms. The van der Waals surface area contributed by atoms with Gasteiger partial charge in [-0.1, -0.05) is 0 Å². The van der Waals surface area contributed by atoms with E-state index in [1.165, 1.54) is 18.9 Å². The maximum absolute atomic E-state index is 12.5.